The van der Waals surface area contributed by atoms with Crippen molar-refractivity contribution in [2.45, 2.75) is 20.0 Å². The Balaban J connectivity index is 3.04. The van der Waals surface area contributed by atoms with Gasteiger partial charge in [0.05, 0.1) is 12.0 Å². The van der Waals surface area contributed by atoms with E-state index < -0.39 is 6.10 Å². The standard InChI is InChI=1S/C10H13ClO/c1-7-3-4-8(2)9(5-7)10(12)6-11/h3-5,10,12H,6H2,1-2H3/t10-/m0/s1. The van der Waals surface area contributed by atoms with Gasteiger partial charge >= 0.3 is 0 Å². The first-order chi connectivity index (χ1) is 5.65. The molecule has 0 saturated heterocycles. The van der Waals surface area contributed by atoms with Crippen molar-refractivity contribution in [2.75, 3.05) is 5.88 Å². The zero-order chi connectivity index (χ0) is 9.14. The van der Waals surface area contributed by atoms with Gasteiger partial charge in [0.1, 0.15) is 0 Å². The largest absolute Gasteiger partial charge is 0.387 e. The van der Waals surface area contributed by atoms with Crippen LogP contribution in [-0.2, 0) is 0 Å². The van der Waals surface area contributed by atoms with Gasteiger partial charge < -0.3 is 5.11 Å². The van der Waals surface area contributed by atoms with Crippen LogP contribution in [0.25, 0.3) is 0 Å². The lowest BCUT2D eigenvalue weighted by molar-refractivity contribution is 0.202. The van der Waals surface area contributed by atoms with E-state index in [4.69, 9.17) is 11.6 Å². The average molecular weight is 185 g/mol. The van der Waals surface area contributed by atoms with Gasteiger partial charge in [-0.2, -0.15) is 0 Å². The second-order valence-corrected chi connectivity index (χ2v) is 3.34. The lowest BCUT2D eigenvalue weighted by atomic mass is 10.0. The minimum Gasteiger partial charge on any atom is -0.387 e. The Morgan fingerprint density at radius 1 is 1.42 bits per heavy atom. The van der Waals surface area contributed by atoms with Crippen LogP contribution < -0.4 is 0 Å². The maximum Gasteiger partial charge on any atom is 0.0927 e. The number of aliphatic hydroxyl groups excluding tert-OH is 1. The molecular formula is C10H13ClO. The Hall–Kier alpha value is -0.530. The van der Waals surface area contributed by atoms with Gasteiger partial charge in [-0.3, -0.25) is 0 Å². The summed E-state index contributed by atoms with van der Waals surface area (Å²) in [5.74, 6) is 0.254. The molecule has 1 aromatic carbocycles. The molecule has 0 spiro atoms. The number of benzene rings is 1. The van der Waals surface area contributed by atoms with Crippen LogP contribution in [0.5, 0.6) is 0 Å². The highest BCUT2D eigenvalue weighted by Gasteiger charge is 2.08. The summed E-state index contributed by atoms with van der Waals surface area (Å²) >= 11 is 5.56. The molecule has 0 bridgehead atoms. The Morgan fingerprint density at radius 2 is 2.08 bits per heavy atom. The number of aliphatic hydroxyl groups is 1. The monoisotopic (exact) mass is 184 g/mol. The number of hydrogen-bond acceptors (Lipinski definition) is 1. The molecule has 1 nitrogen and oxygen atoms in total. The summed E-state index contributed by atoms with van der Waals surface area (Å²) in [4.78, 5) is 0. The Bertz CT molecular complexity index is 271. The maximum absolute atomic E-state index is 9.50. The molecule has 1 N–H and O–H groups in total. The summed E-state index contributed by atoms with van der Waals surface area (Å²) in [5.41, 5.74) is 3.18. The first-order valence-electron chi connectivity index (χ1n) is 3.96. The molecule has 0 aliphatic carbocycles. The zero-order valence-corrected chi connectivity index (χ0v) is 8.10. The summed E-state index contributed by atoms with van der Waals surface area (Å²) in [6.07, 6.45) is -0.536. The average Bonchev–Trinajstić information content (AvgIpc) is 2.08. The molecule has 0 radical (unpaired) electrons. The fourth-order valence-corrected chi connectivity index (χ4v) is 1.37. The smallest absolute Gasteiger partial charge is 0.0927 e. The van der Waals surface area contributed by atoms with Gasteiger partial charge in [0.25, 0.3) is 0 Å². The molecule has 0 unspecified atom stereocenters. The molecule has 2 heteroatoms. The van der Waals surface area contributed by atoms with Crippen molar-refractivity contribution in [3.63, 3.8) is 0 Å². The van der Waals surface area contributed by atoms with Crippen molar-refractivity contribution < 1.29 is 5.11 Å². The highest BCUT2D eigenvalue weighted by molar-refractivity contribution is 6.18. The third-order valence-corrected chi connectivity index (χ3v) is 2.23. The fraction of sp³-hybridized carbons (Fsp3) is 0.400. The third-order valence-electron chi connectivity index (χ3n) is 1.94. The van der Waals surface area contributed by atoms with E-state index in [-0.39, 0.29) is 5.88 Å². The molecule has 0 amide bonds. The molecule has 0 aromatic heterocycles. The van der Waals surface area contributed by atoms with Crippen molar-refractivity contribution >= 4 is 11.6 Å². The summed E-state index contributed by atoms with van der Waals surface area (Å²) in [5, 5.41) is 9.50. The van der Waals surface area contributed by atoms with Crippen molar-refractivity contribution in [1.82, 2.24) is 0 Å². The molecule has 1 rings (SSSR count). The number of hydrogen-bond donors (Lipinski definition) is 1. The first kappa shape index (κ1) is 9.56. The third kappa shape index (κ3) is 1.99. The van der Waals surface area contributed by atoms with E-state index in [9.17, 15) is 5.11 Å². The van der Waals surface area contributed by atoms with E-state index >= 15 is 0 Å². The second-order valence-electron chi connectivity index (χ2n) is 3.03. The fourth-order valence-electron chi connectivity index (χ4n) is 1.20. The molecule has 0 fully saturated rings. The quantitative estimate of drug-likeness (QED) is 0.701. The molecule has 0 heterocycles. The van der Waals surface area contributed by atoms with Crippen LogP contribution in [0.3, 0.4) is 0 Å². The predicted molar refractivity (Wildman–Crippen MR) is 51.6 cm³/mol. The van der Waals surface area contributed by atoms with Crippen LogP contribution >= 0.6 is 11.6 Å². The lowest BCUT2D eigenvalue weighted by Crippen LogP contribution is -2.01. The van der Waals surface area contributed by atoms with Gasteiger partial charge in [-0.25, -0.2) is 0 Å². The number of alkyl halides is 1. The van der Waals surface area contributed by atoms with Crippen LogP contribution in [0.1, 0.15) is 22.8 Å². The van der Waals surface area contributed by atoms with Crippen molar-refractivity contribution in [1.29, 1.82) is 0 Å². The number of rotatable bonds is 2. The molecular weight excluding hydrogens is 172 g/mol. The van der Waals surface area contributed by atoms with E-state index in [2.05, 4.69) is 0 Å². The Kier molecular flexibility index (Phi) is 3.12. The molecule has 0 aliphatic rings. The van der Waals surface area contributed by atoms with Gasteiger partial charge in [-0.15, -0.1) is 11.6 Å². The van der Waals surface area contributed by atoms with Crippen LogP contribution in [0.15, 0.2) is 18.2 Å². The van der Waals surface area contributed by atoms with Gasteiger partial charge in [-0.05, 0) is 25.0 Å². The summed E-state index contributed by atoms with van der Waals surface area (Å²) in [6, 6.07) is 6.00. The highest BCUT2D eigenvalue weighted by Crippen LogP contribution is 2.19. The molecule has 0 aliphatic heterocycles. The van der Waals surface area contributed by atoms with Crippen molar-refractivity contribution in [2.24, 2.45) is 0 Å². The minimum absolute atomic E-state index is 0.254. The predicted octanol–water partition coefficient (Wildman–Crippen LogP) is 2.58. The molecule has 66 valence electrons. The van der Waals surface area contributed by atoms with Crippen LogP contribution in [0.4, 0.5) is 0 Å². The normalized spacial score (nSPS) is 13.0. The minimum atomic E-state index is -0.536. The lowest BCUT2D eigenvalue weighted by Gasteiger charge is -2.11. The maximum atomic E-state index is 9.50. The summed E-state index contributed by atoms with van der Waals surface area (Å²) in [7, 11) is 0. The SMILES string of the molecule is Cc1ccc(C)c([C@@H](O)CCl)c1. The summed E-state index contributed by atoms with van der Waals surface area (Å²) in [6.45, 7) is 3.98. The topological polar surface area (TPSA) is 20.2 Å². The molecule has 1 aromatic rings. The second kappa shape index (κ2) is 3.92. The molecule has 1 atom stereocenters. The van der Waals surface area contributed by atoms with Gasteiger partial charge in [0.2, 0.25) is 0 Å². The highest BCUT2D eigenvalue weighted by atomic mass is 35.5. The zero-order valence-electron chi connectivity index (χ0n) is 7.34. The Labute approximate surface area is 78.0 Å². The van der Waals surface area contributed by atoms with E-state index in [1.807, 2.05) is 32.0 Å². The van der Waals surface area contributed by atoms with Gasteiger partial charge in [-0.1, -0.05) is 23.8 Å². The molecule has 0 saturated carbocycles. The van der Waals surface area contributed by atoms with Crippen LogP contribution in [0, 0.1) is 13.8 Å². The van der Waals surface area contributed by atoms with Gasteiger partial charge in [0, 0.05) is 0 Å². The molecule has 12 heavy (non-hydrogen) atoms. The van der Waals surface area contributed by atoms with E-state index in [1.54, 1.807) is 0 Å². The Morgan fingerprint density at radius 3 is 2.67 bits per heavy atom. The summed E-state index contributed by atoms with van der Waals surface area (Å²) < 4.78 is 0. The first-order valence-corrected chi connectivity index (χ1v) is 4.49. The van der Waals surface area contributed by atoms with Gasteiger partial charge in [0.15, 0.2) is 0 Å². The van der Waals surface area contributed by atoms with Crippen molar-refractivity contribution in [3.05, 3.63) is 34.9 Å². The number of halogens is 1. The van der Waals surface area contributed by atoms with Crippen molar-refractivity contribution in [3.8, 4) is 0 Å². The van der Waals surface area contributed by atoms with E-state index in [0.29, 0.717) is 0 Å². The van der Waals surface area contributed by atoms with E-state index in [0.717, 1.165) is 16.7 Å². The number of aryl methyl sites for hydroxylation is 2. The van der Waals surface area contributed by atoms with E-state index in [1.165, 1.54) is 0 Å². The van der Waals surface area contributed by atoms with Crippen LogP contribution in [0.2, 0.25) is 0 Å². The van der Waals surface area contributed by atoms with Crippen LogP contribution in [-0.4, -0.2) is 11.0 Å².